The van der Waals surface area contributed by atoms with Crippen molar-refractivity contribution in [3.63, 3.8) is 0 Å². The Balaban J connectivity index is 1.21. The number of nitrogens with zero attached hydrogens (tertiary/aromatic N) is 1. The van der Waals surface area contributed by atoms with E-state index in [1.807, 2.05) is 12.1 Å². The van der Waals surface area contributed by atoms with Gasteiger partial charge in [0.1, 0.15) is 5.75 Å². The van der Waals surface area contributed by atoms with Gasteiger partial charge in [0.25, 0.3) is 0 Å². The maximum atomic E-state index is 10.9. The molecule has 4 nitrogen and oxygen atoms in total. The molecule has 5 aliphatic rings. The average Bonchev–Trinajstić information content (AvgIpc) is 3.08. The van der Waals surface area contributed by atoms with Gasteiger partial charge >= 0.3 is 0 Å². The van der Waals surface area contributed by atoms with Crippen molar-refractivity contribution in [1.82, 2.24) is 4.90 Å². The summed E-state index contributed by atoms with van der Waals surface area (Å²) in [4.78, 5) is 2.77. The van der Waals surface area contributed by atoms with Gasteiger partial charge in [0, 0.05) is 24.7 Å². The van der Waals surface area contributed by atoms with Crippen LogP contribution in [0.5, 0.6) is 5.75 Å². The highest BCUT2D eigenvalue weighted by Crippen LogP contribution is 2.57. The fourth-order valence-corrected chi connectivity index (χ4v) is 7.32. The molecule has 3 unspecified atom stereocenters. The Hall–Kier alpha value is -0.810. The quantitative estimate of drug-likeness (QED) is 0.722. The average molecular weight is 406 g/mol. The topological polar surface area (TPSA) is 41.9 Å². The predicted molar refractivity (Wildman–Crippen MR) is 110 cm³/mol. The molecule has 1 saturated heterocycles. The molecule has 0 spiro atoms. The molecule has 1 N–H and O–H groups in total. The van der Waals surface area contributed by atoms with Crippen molar-refractivity contribution >= 4 is 11.6 Å². The first-order chi connectivity index (χ1) is 13.5. The van der Waals surface area contributed by atoms with E-state index in [4.69, 9.17) is 21.1 Å². The zero-order chi connectivity index (χ0) is 19.3. The molecule has 4 aliphatic carbocycles. The van der Waals surface area contributed by atoms with Gasteiger partial charge in [-0.2, -0.15) is 0 Å². The Morgan fingerprint density at radius 3 is 2.68 bits per heavy atom. The summed E-state index contributed by atoms with van der Waals surface area (Å²) in [6, 6.07) is 6.71. The maximum Gasteiger partial charge on any atom is 0.188 e. The highest BCUT2D eigenvalue weighted by atomic mass is 35.5. The summed E-state index contributed by atoms with van der Waals surface area (Å²) in [5.74, 6) is 3.65. The first-order valence-electron chi connectivity index (χ1n) is 10.9. The van der Waals surface area contributed by atoms with Crippen LogP contribution in [0.3, 0.4) is 0 Å². The number of aliphatic hydroxyl groups is 1. The van der Waals surface area contributed by atoms with Gasteiger partial charge < -0.3 is 14.6 Å². The summed E-state index contributed by atoms with van der Waals surface area (Å²) in [6.45, 7) is 2.63. The van der Waals surface area contributed by atoms with E-state index >= 15 is 0 Å². The lowest BCUT2D eigenvalue weighted by Gasteiger charge is -2.60. The van der Waals surface area contributed by atoms with Gasteiger partial charge in [0.05, 0.1) is 5.60 Å². The minimum Gasteiger partial charge on any atom is -0.468 e. The molecule has 4 saturated carbocycles. The first kappa shape index (κ1) is 19.2. The summed E-state index contributed by atoms with van der Waals surface area (Å²) in [7, 11) is 1.62. The molecule has 0 radical (unpaired) electrons. The van der Waals surface area contributed by atoms with Crippen molar-refractivity contribution in [3.05, 3.63) is 28.8 Å². The van der Waals surface area contributed by atoms with Crippen LogP contribution in [0, 0.1) is 23.7 Å². The van der Waals surface area contributed by atoms with Crippen LogP contribution in [0.4, 0.5) is 0 Å². The Morgan fingerprint density at radius 1 is 1.21 bits per heavy atom. The van der Waals surface area contributed by atoms with Crippen LogP contribution in [0.1, 0.15) is 44.1 Å². The summed E-state index contributed by atoms with van der Waals surface area (Å²) in [5, 5.41) is 11.7. The van der Waals surface area contributed by atoms with E-state index in [0.29, 0.717) is 12.0 Å². The highest BCUT2D eigenvalue weighted by molar-refractivity contribution is 6.31. The zero-order valence-corrected chi connectivity index (χ0v) is 17.5. The van der Waals surface area contributed by atoms with Gasteiger partial charge in [-0.3, -0.25) is 4.90 Å². The lowest BCUT2D eigenvalue weighted by Crippen LogP contribution is -2.61. The van der Waals surface area contributed by atoms with E-state index in [1.165, 1.54) is 37.9 Å². The molecule has 28 heavy (non-hydrogen) atoms. The third-order valence-electron chi connectivity index (χ3n) is 7.81. The third kappa shape index (κ3) is 3.58. The van der Waals surface area contributed by atoms with Crippen LogP contribution in [0.2, 0.25) is 5.02 Å². The second-order valence-electron chi connectivity index (χ2n) is 9.84. The molecular formula is C23H32ClNO3. The van der Waals surface area contributed by atoms with Crippen molar-refractivity contribution in [2.45, 2.75) is 56.6 Å². The van der Waals surface area contributed by atoms with Crippen LogP contribution in [0.15, 0.2) is 18.2 Å². The maximum absolute atomic E-state index is 10.9. The Bertz CT molecular complexity index is 710. The molecule has 3 atom stereocenters. The summed E-state index contributed by atoms with van der Waals surface area (Å²) >= 11 is 6.52. The highest BCUT2D eigenvalue weighted by Gasteiger charge is 2.56. The molecule has 0 aromatic heterocycles. The van der Waals surface area contributed by atoms with E-state index < -0.39 is 0 Å². The molecule has 1 heterocycles. The number of ether oxygens (including phenoxy) is 2. The van der Waals surface area contributed by atoms with Crippen LogP contribution >= 0.6 is 11.6 Å². The molecule has 4 bridgehead atoms. The van der Waals surface area contributed by atoms with Crippen LogP contribution < -0.4 is 4.74 Å². The fourth-order valence-electron chi connectivity index (χ4n) is 7.07. The van der Waals surface area contributed by atoms with Crippen molar-refractivity contribution in [2.75, 3.05) is 27.0 Å². The number of hydrogen-bond donors (Lipinski definition) is 1. The van der Waals surface area contributed by atoms with Gasteiger partial charge in [-0.1, -0.05) is 17.7 Å². The largest absolute Gasteiger partial charge is 0.468 e. The molecular weight excluding hydrogens is 374 g/mol. The molecule has 1 aromatic carbocycles. The van der Waals surface area contributed by atoms with E-state index in [1.54, 1.807) is 7.11 Å². The minimum absolute atomic E-state index is 0.243. The lowest BCUT2D eigenvalue weighted by atomic mass is 9.52. The van der Waals surface area contributed by atoms with Crippen molar-refractivity contribution < 1.29 is 14.6 Å². The van der Waals surface area contributed by atoms with Gasteiger partial charge in [0.2, 0.25) is 0 Å². The number of likely N-dealkylation sites (tertiary alicyclic amines) is 1. The summed E-state index contributed by atoms with van der Waals surface area (Å²) in [5.41, 5.74) is 0.893. The number of benzene rings is 1. The molecule has 5 heteroatoms. The van der Waals surface area contributed by atoms with Gasteiger partial charge in [0.15, 0.2) is 6.79 Å². The molecule has 154 valence electrons. The number of halogens is 1. The zero-order valence-electron chi connectivity index (χ0n) is 16.8. The van der Waals surface area contributed by atoms with E-state index in [0.717, 1.165) is 54.2 Å². The number of rotatable bonds is 6. The smallest absolute Gasteiger partial charge is 0.188 e. The first-order valence-corrected chi connectivity index (χ1v) is 11.3. The normalized spacial score (nSPS) is 39.6. The van der Waals surface area contributed by atoms with Crippen molar-refractivity contribution in [2.24, 2.45) is 23.7 Å². The second-order valence-corrected chi connectivity index (χ2v) is 10.2. The van der Waals surface area contributed by atoms with Gasteiger partial charge in [-0.25, -0.2) is 0 Å². The Morgan fingerprint density at radius 2 is 2.00 bits per heavy atom. The molecule has 1 aromatic rings. The number of methoxy groups -OCH3 is 1. The third-order valence-corrected chi connectivity index (χ3v) is 8.16. The predicted octanol–water partition coefficient (Wildman–Crippen LogP) is 4.13. The van der Waals surface area contributed by atoms with Crippen LogP contribution in [-0.4, -0.2) is 48.6 Å². The summed E-state index contributed by atoms with van der Waals surface area (Å²) < 4.78 is 10.4. The van der Waals surface area contributed by atoms with Crippen molar-refractivity contribution in [1.29, 1.82) is 0 Å². The molecule has 5 fully saturated rings. The van der Waals surface area contributed by atoms with Crippen molar-refractivity contribution in [3.8, 4) is 5.75 Å². The van der Waals surface area contributed by atoms with Crippen LogP contribution in [-0.2, 0) is 11.2 Å². The standard InChI is InChI=1S/C23H32ClNO3/c1-27-14-28-20-3-2-17(21(24)9-20)6-15-4-5-25(13-15)22-18-7-16-8-19(22)12-23(26,10-16)11-18/h2-3,9,15-16,18-19,22,26H,4-8,10-14H2,1H3. The fraction of sp³-hybridized carbons (Fsp3) is 0.739. The van der Waals surface area contributed by atoms with E-state index in [-0.39, 0.29) is 12.4 Å². The molecule has 0 amide bonds. The Kier molecular flexibility index (Phi) is 5.11. The monoisotopic (exact) mass is 405 g/mol. The number of hydrogen-bond acceptors (Lipinski definition) is 4. The van der Waals surface area contributed by atoms with E-state index in [9.17, 15) is 5.11 Å². The lowest BCUT2D eigenvalue weighted by molar-refractivity contribution is -0.157. The SMILES string of the molecule is COCOc1ccc(CC2CCN(C3C4CC5CC3CC(O)(C5)C4)C2)c(Cl)c1. The molecule has 1 aliphatic heterocycles. The second kappa shape index (κ2) is 7.46. The minimum atomic E-state index is -0.327. The van der Waals surface area contributed by atoms with E-state index in [2.05, 4.69) is 11.0 Å². The van der Waals surface area contributed by atoms with Gasteiger partial charge in [-0.05, 0) is 92.9 Å². The molecule has 6 rings (SSSR count). The Labute approximate surface area is 173 Å². The van der Waals surface area contributed by atoms with Gasteiger partial charge in [-0.15, -0.1) is 0 Å². The van der Waals surface area contributed by atoms with Crippen LogP contribution in [0.25, 0.3) is 0 Å². The summed E-state index contributed by atoms with van der Waals surface area (Å²) in [6.07, 6.45) is 8.13.